The average molecular weight is 272 g/mol. The van der Waals surface area contributed by atoms with E-state index >= 15 is 0 Å². The van der Waals surface area contributed by atoms with Crippen LogP contribution in [0.1, 0.15) is 30.7 Å². The van der Waals surface area contributed by atoms with Crippen molar-refractivity contribution in [2.45, 2.75) is 32.4 Å². The van der Waals surface area contributed by atoms with Gasteiger partial charge in [-0.1, -0.05) is 6.42 Å². The molecule has 3 rings (SSSR count). The number of rotatable bonds is 5. The first-order valence-electron chi connectivity index (χ1n) is 7.15. The highest BCUT2D eigenvalue weighted by molar-refractivity contribution is 5.79. The Hall–Kier alpha value is -1.97. The van der Waals surface area contributed by atoms with Crippen molar-refractivity contribution in [1.29, 1.82) is 0 Å². The Labute approximate surface area is 119 Å². The maximum absolute atomic E-state index is 12.6. The number of furan rings is 1. The van der Waals surface area contributed by atoms with Crippen LogP contribution in [-0.2, 0) is 24.9 Å². The minimum Gasteiger partial charge on any atom is -0.467 e. The molecule has 0 atom stereocenters. The molecule has 0 N–H and O–H groups in total. The minimum atomic E-state index is 0.213. The molecule has 0 radical (unpaired) electrons. The van der Waals surface area contributed by atoms with Gasteiger partial charge in [0.15, 0.2) is 0 Å². The van der Waals surface area contributed by atoms with Crippen LogP contribution in [0.2, 0.25) is 0 Å². The molecule has 4 nitrogen and oxygen atoms in total. The summed E-state index contributed by atoms with van der Waals surface area (Å²) in [6.07, 6.45) is 6.90. The molecule has 0 spiro atoms. The van der Waals surface area contributed by atoms with Crippen LogP contribution in [0.3, 0.4) is 0 Å². The lowest BCUT2D eigenvalue weighted by Crippen LogP contribution is -2.38. The summed E-state index contributed by atoms with van der Waals surface area (Å²) in [6, 6.07) is 7.85. The first kappa shape index (κ1) is 13.0. The first-order valence-corrected chi connectivity index (χ1v) is 7.15. The molecule has 0 unspecified atom stereocenters. The molecule has 0 aliphatic heterocycles. The second-order valence-corrected chi connectivity index (χ2v) is 5.51. The fourth-order valence-corrected chi connectivity index (χ4v) is 2.57. The number of nitrogens with zero attached hydrogens (tertiary/aromatic N) is 2. The van der Waals surface area contributed by atoms with Gasteiger partial charge >= 0.3 is 0 Å². The maximum Gasteiger partial charge on any atom is 0.226 e. The zero-order valence-electron chi connectivity index (χ0n) is 11.8. The largest absolute Gasteiger partial charge is 0.467 e. The monoisotopic (exact) mass is 272 g/mol. The average Bonchev–Trinajstić information content (AvgIpc) is 2.99. The van der Waals surface area contributed by atoms with E-state index in [0.717, 1.165) is 24.3 Å². The first-order chi connectivity index (χ1) is 9.74. The van der Waals surface area contributed by atoms with Crippen LogP contribution < -0.4 is 0 Å². The van der Waals surface area contributed by atoms with Gasteiger partial charge < -0.3 is 13.9 Å². The number of carbonyl (C=O) groups is 1. The minimum absolute atomic E-state index is 0.213. The number of aromatic nitrogens is 1. The van der Waals surface area contributed by atoms with Gasteiger partial charge in [0, 0.05) is 24.9 Å². The highest BCUT2D eigenvalue weighted by Gasteiger charge is 2.30. The Kier molecular flexibility index (Phi) is 3.63. The number of hydrogen-bond acceptors (Lipinski definition) is 2. The molecule has 0 aromatic carbocycles. The van der Waals surface area contributed by atoms with Crippen LogP contribution in [0, 0.1) is 5.92 Å². The zero-order valence-corrected chi connectivity index (χ0v) is 11.8. The molecule has 4 heteroatoms. The summed E-state index contributed by atoms with van der Waals surface area (Å²) in [5, 5.41) is 0. The molecule has 106 valence electrons. The van der Waals surface area contributed by atoms with Crippen molar-refractivity contribution in [2.75, 3.05) is 0 Å². The lowest BCUT2D eigenvalue weighted by atomic mass is 9.84. The van der Waals surface area contributed by atoms with Crippen molar-refractivity contribution in [3.8, 4) is 0 Å². The predicted molar refractivity (Wildman–Crippen MR) is 75.7 cm³/mol. The summed E-state index contributed by atoms with van der Waals surface area (Å²) in [7, 11) is 2.01. The van der Waals surface area contributed by atoms with Crippen molar-refractivity contribution in [1.82, 2.24) is 9.47 Å². The molecule has 1 aliphatic carbocycles. The van der Waals surface area contributed by atoms with E-state index in [1.54, 1.807) is 6.26 Å². The molecule has 1 fully saturated rings. The molecule has 2 aromatic heterocycles. The third-order valence-electron chi connectivity index (χ3n) is 4.10. The Bertz CT molecular complexity index is 567. The van der Waals surface area contributed by atoms with Gasteiger partial charge in [-0.05, 0) is 37.1 Å². The van der Waals surface area contributed by atoms with E-state index in [0.29, 0.717) is 13.1 Å². The third-order valence-corrected chi connectivity index (χ3v) is 4.10. The lowest BCUT2D eigenvalue weighted by molar-refractivity contribution is -0.139. The summed E-state index contributed by atoms with van der Waals surface area (Å²) in [5.74, 6) is 1.31. The van der Waals surface area contributed by atoms with Gasteiger partial charge in [-0.15, -0.1) is 0 Å². The second kappa shape index (κ2) is 5.57. The molecule has 1 aliphatic rings. The smallest absolute Gasteiger partial charge is 0.226 e. The van der Waals surface area contributed by atoms with Gasteiger partial charge in [0.1, 0.15) is 5.76 Å². The van der Waals surface area contributed by atoms with E-state index in [1.165, 1.54) is 6.42 Å². The third kappa shape index (κ3) is 2.64. The summed E-state index contributed by atoms with van der Waals surface area (Å²) in [4.78, 5) is 14.5. The van der Waals surface area contributed by atoms with Gasteiger partial charge in [-0.25, -0.2) is 0 Å². The molecule has 0 bridgehead atoms. The molecule has 2 heterocycles. The van der Waals surface area contributed by atoms with Crippen molar-refractivity contribution >= 4 is 5.91 Å². The fourth-order valence-electron chi connectivity index (χ4n) is 2.57. The summed E-state index contributed by atoms with van der Waals surface area (Å²) < 4.78 is 7.45. The highest BCUT2D eigenvalue weighted by atomic mass is 16.3. The molecular formula is C16H20N2O2. The van der Waals surface area contributed by atoms with Crippen LogP contribution in [0.15, 0.2) is 41.1 Å². The van der Waals surface area contributed by atoms with Gasteiger partial charge in [0.2, 0.25) is 5.91 Å². The number of amides is 1. The van der Waals surface area contributed by atoms with Crippen LogP contribution >= 0.6 is 0 Å². The number of aryl methyl sites for hydroxylation is 1. The van der Waals surface area contributed by atoms with E-state index in [9.17, 15) is 4.79 Å². The summed E-state index contributed by atoms with van der Waals surface area (Å²) >= 11 is 0. The molecule has 0 saturated heterocycles. The van der Waals surface area contributed by atoms with E-state index in [1.807, 2.05) is 36.3 Å². The zero-order chi connectivity index (χ0) is 13.9. The van der Waals surface area contributed by atoms with Gasteiger partial charge in [-0.3, -0.25) is 4.79 Å². The SMILES string of the molecule is Cn1cccc1CN(Cc1ccco1)C(=O)C1CCC1. The van der Waals surface area contributed by atoms with Gasteiger partial charge in [0.05, 0.1) is 19.4 Å². The van der Waals surface area contributed by atoms with Gasteiger partial charge in [0.25, 0.3) is 0 Å². The van der Waals surface area contributed by atoms with Crippen LogP contribution in [0.25, 0.3) is 0 Å². The van der Waals surface area contributed by atoms with Crippen LogP contribution in [0.4, 0.5) is 0 Å². The Morgan fingerprint density at radius 3 is 2.75 bits per heavy atom. The summed E-state index contributed by atoms with van der Waals surface area (Å²) in [6.45, 7) is 1.19. The Morgan fingerprint density at radius 1 is 1.35 bits per heavy atom. The van der Waals surface area contributed by atoms with Crippen molar-refractivity contribution in [2.24, 2.45) is 13.0 Å². The number of hydrogen-bond donors (Lipinski definition) is 0. The maximum atomic E-state index is 12.6. The van der Waals surface area contributed by atoms with Crippen molar-refractivity contribution in [3.05, 3.63) is 48.2 Å². The van der Waals surface area contributed by atoms with Crippen molar-refractivity contribution in [3.63, 3.8) is 0 Å². The molecule has 2 aromatic rings. The topological polar surface area (TPSA) is 38.4 Å². The molecule has 1 amide bonds. The molecule has 20 heavy (non-hydrogen) atoms. The van der Waals surface area contributed by atoms with Crippen LogP contribution in [-0.4, -0.2) is 15.4 Å². The lowest BCUT2D eigenvalue weighted by Gasteiger charge is -2.31. The fraction of sp³-hybridized carbons (Fsp3) is 0.438. The highest BCUT2D eigenvalue weighted by Crippen LogP contribution is 2.29. The second-order valence-electron chi connectivity index (χ2n) is 5.51. The Balaban J connectivity index is 1.75. The number of carbonyl (C=O) groups excluding carboxylic acids is 1. The standard InChI is InChI=1S/C16H20N2O2/c1-17-9-3-7-14(17)11-18(12-15-8-4-10-20-15)16(19)13-5-2-6-13/h3-4,7-10,13H,2,5-6,11-12H2,1H3. The predicted octanol–water partition coefficient (Wildman–Crippen LogP) is 2.95. The molecular weight excluding hydrogens is 252 g/mol. The molecule has 1 saturated carbocycles. The van der Waals surface area contributed by atoms with Crippen molar-refractivity contribution < 1.29 is 9.21 Å². The normalized spacial score (nSPS) is 15.1. The van der Waals surface area contributed by atoms with Gasteiger partial charge in [-0.2, -0.15) is 0 Å². The Morgan fingerprint density at radius 2 is 2.20 bits per heavy atom. The van der Waals surface area contributed by atoms with E-state index in [2.05, 4.69) is 10.6 Å². The van der Waals surface area contributed by atoms with Crippen LogP contribution in [0.5, 0.6) is 0 Å². The van der Waals surface area contributed by atoms with E-state index < -0.39 is 0 Å². The quantitative estimate of drug-likeness (QED) is 0.839. The van der Waals surface area contributed by atoms with E-state index in [4.69, 9.17) is 4.42 Å². The van der Waals surface area contributed by atoms with E-state index in [-0.39, 0.29) is 11.8 Å². The summed E-state index contributed by atoms with van der Waals surface area (Å²) in [5.41, 5.74) is 1.14.